The number of nitrogen functional groups attached to an aromatic ring is 1. The van der Waals surface area contributed by atoms with E-state index in [4.69, 9.17) is 15.6 Å². The van der Waals surface area contributed by atoms with Crippen molar-refractivity contribution in [2.24, 2.45) is 0 Å². The summed E-state index contributed by atoms with van der Waals surface area (Å²) < 4.78 is 31.4. The Morgan fingerprint density at radius 1 is 1.50 bits per heavy atom. The number of nitrogens with one attached hydrogen (secondary N) is 1. The number of nitrogens with two attached hydrogens (primary N) is 1. The lowest BCUT2D eigenvalue weighted by Gasteiger charge is -2.14. The van der Waals surface area contributed by atoms with E-state index in [2.05, 4.69) is 4.72 Å². The molecule has 1 unspecified atom stereocenters. The predicted octanol–water partition coefficient (Wildman–Crippen LogP) is 0.327. The van der Waals surface area contributed by atoms with Crippen LogP contribution in [0, 0.1) is 0 Å². The largest absolute Gasteiger partial charge is 0.495 e. The molecular weight excluding hydrogens is 256 g/mol. The van der Waals surface area contributed by atoms with E-state index in [9.17, 15) is 8.42 Å². The summed E-state index contributed by atoms with van der Waals surface area (Å²) in [7, 11) is -2.17. The number of sulfonamides is 1. The molecule has 0 radical (unpaired) electrons. The van der Waals surface area contributed by atoms with E-state index in [0.29, 0.717) is 12.2 Å². The Morgan fingerprint density at radius 2 is 2.17 bits per heavy atom. The molecule has 1 aromatic carbocycles. The third kappa shape index (κ3) is 3.59. The number of ether oxygens (including phenoxy) is 1. The molecule has 0 aliphatic rings. The standard InChI is InChI=1S/C11H18N2O4S/c1-8(5-6-14)13-18(15,16)9-3-4-11(17-2)10(12)7-9/h3-4,7-8,13-14H,5-6,12H2,1-2H3. The van der Waals surface area contributed by atoms with E-state index >= 15 is 0 Å². The monoisotopic (exact) mass is 274 g/mol. The Hall–Kier alpha value is -1.31. The first kappa shape index (κ1) is 14.7. The fraction of sp³-hybridized carbons (Fsp3) is 0.455. The summed E-state index contributed by atoms with van der Waals surface area (Å²) in [6, 6.07) is 3.92. The predicted molar refractivity (Wildman–Crippen MR) is 68.9 cm³/mol. The summed E-state index contributed by atoms with van der Waals surface area (Å²) in [6.45, 7) is 1.61. The van der Waals surface area contributed by atoms with Crippen LogP contribution in [0.15, 0.2) is 23.1 Å². The molecule has 6 nitrogen and oxygen atoms in total. The van der Waals surface area contributed by atoms with Gasteiger partial charge in [-0.25, -0.2) is 13.1 Å². The van der Waals surface area contributed by atoms with Gasteiger partial charge in [-0.2, -0.15) is 0 Å². The SMILES string of the molecule is COc1ccc(S(=O)(=O)NC(C)CCO)cc1N. The minimum atomic E-state index is -3.63. The van der Waals surface area contributed by atoms with Crippen molar-refractivity contribution >= 4 is 15.7 Å². The Bertz CT molecular complexity index is 502. The van der Waals surface area contributed by atoms with Crippen molar-refractivity contribution in [1.82, 2.24) is 4.72 Å². The summed E-state index contributed by atoms with van der Waals surface area (Å²) in [6.07, 6.45) is 0.352. The maximum Gasteiger partial charge on any atom is 0.240 e. The Morgan fingerprint density at radius 3 is 2.67 bits per heavy atom. The summed E-state index contributed by atoms with van der Waals surface area (Å²) in [5.41, 5.74) is 5.92. The third-order valence-corrected chi connectivity index (χ3v) is 4.02. The van der Waals surface area contributed by atoms with Gasteiger partial charge in [0.15, 0.2) is 0 Å². The van der Waals surface area contributed by atoms with Crippen LogP contribution in [0.25, 0.3) is 0 Å². The highest BCUT2D eigenvalue weighted by Crippen LogP contribution is 2.24. The number of methoxy groups -OCH3 is 1. The highest BCUT2D eigenvalue weighted by molar-refractivity contribution is 7.89. The van der Waals surface area contributed by atoms with Crippen molar-refractivity contribution in [2.45, 2.75) is 24.3 Å². The van der Waals surface area contributed by atoms with Crippen molar-refractivity contribution in [2.75, 3.05) is 19.5 Å². The van der Waals surface area contributed by atoms with E-state index in [1.807, 2.05) is 0 Å². The fourth-order valence-electron chi connectivity index (χ4n) is 1.47. The number of aliphatic hydroxyl groups excluding tert-OH is 1. The van der Waals surface area contributed by atoms with Crippen LogP contribution in [0.4, 0.5) is 5.69 Å². The van der Waals surface area contributed by atoms with E-state index in [-0.39, 0.29) is 23.2 Å². The first-order valence-corrected chi connectivity index (χ1v) is 6.95. The van der Waals surface area contributed by atoms with Crippen LogP contribution in [0.5, 0.6) is 5.75 Å². The van der Waals surface area contributed by atoms with Gasteiger partial charge in [-0.15, -0.1) is 0 Å². The Kier molecular flexibility index (Phi) is 4.94. The van der Waals surface area contributed by atoms with Crippen LogP contribution >= 0.6 is 0 Å². The molecule has 4 N–H and O–H groups in total. The molecule has 18 heavy (non-hydrogen) atoms. The van der Waals surface area contributed by atoms with Crippen LogP contribution in [0.1, 0.15) is 13.3 Å². The second-order valence-electron chi connectivity index (χ2n) is 3.94. The molecule has 0 heterocycles. The molecule has 0 aromatic heterocycles. The molecule has 102 valence electrons. The zero-order valence-corrected chi connectivity index (χ0v) is 11.2. The topological polar surface area (TPSA) is 102 Å². The molecule has 0 bridgehead atoms. The molecule has 1 rings (SSSR count). The van der Waals surface area contributed by atoms with E-state index in [0.717, 1.165) is 0 Å². The third-order valence-electron chi connectivity index (χ3n) is 2.43. The van der Waals surface area contributed by atoms with Crippen LogP contribution < -0.4 is 15.2 Å². The number of hydrogen-bond donors (Lipinski definition) is 3. The lowest BCUT2D eigenvalue weighted by atomic mass is 10.3. The maximum absolute atomic E-state index is 12.0. The van der Waals surface area contributed by atoms with E-state index in [1.54, 1.807) is 6.92 Å². The van der Waals surface area contributed by atoms with E-state index in [1.165, 1.54) is 25.3 Å². The molecule has 1 aromatic rings. The highest BCUT2D eigenvalue weighted by atomic mass is 32.2. The first-order valence-electron chi connectivity index (χ1n) is 5.47. The minimum absolute atomic E-state index is 0.0746. The molecule has 0 saturated heterocycles. The van der Waals surface area contributed by atoms with Crippen LogP contribution in [0.2, 0.25) is 0 Å². The van der Waals surface area contributed by atoms with Crippen LogP contribution in [-0.2, 0) is 10.0 Å². The average molecular weight is 274 g/mol. The van der Waals surface area contributed by atoms with Crippen molar-refractivity contribution in [3.05, 3.63) is 18.2 Å². The van der Waals surface area contributed by atoms with Crippen molar-refractivity contribution in [3.8, 4) is 5.75 Å². The first-order chi connectivity index (χ1) is 8.40. The fourth-order valence-corrected chi connectivity index (χ4v) is 2.78. The van der Waals surface area contributed by atoms with Gasteiger partial charge < -0.3 is 15.6 Å². The summed E-state index contributed by atoms with van der Waals surface area (Å²) in [5.74, 6) is 0.428. The Labute approximate surface area is 107 Å². The molecule has 1 atom stereocenters. The van der Waals surface area contributed by atoms with Crippen LogP contribution in [-0.4, -0.2) is 33.3 Å². The quantitative estimate of drug-likeness (QED) is 0.649. The number of anilines is 1. The lowest BCUT2D eigenvalue weighted by Crippen LogP contribution is -2.33. The van der Waals surface area contributed by atoms with Gasteiger partial charge in [-0.1, -0.05) is 0 Å². The van der Waals surface area contributed by atoms with Gasteiger partial charge in [0, 0.05) is 12.6 Å². The molecule has 0 spiro atoms. The Balaban J connectivity index is 2.95. The van der Waals surface area contributed by atoms with Crippen molar-refractivity contribution < 1.29 is 18.3 Å². The molecule has 0 amide bonds. The van der Waals surface area contributed by atoms with Crippen molar-refractivity contribution in [3.63, 3.8) is 0 Å². The minimum Gasteiger partial charge on any atom is -0.495 e. The maximum atomic E-state index is 12.0. The number of rotatable bonds is 6. The summed E-state index contributed by atoms with van der Waals surface area (Å²) in [5, 5.41) is 8.75. The zero-order valence-electron chi connectivity index (χ0n) is 10.4. The van der Waals surface area contributed by atoms with Crippen LogP contribution in [0.3, 0.4) is 0 Å². The number of hydrogen-bond acceptors (Lipinski definition) is 5. The molecule has 0 aliphatic carbocycles. The van der Waals surface area contributed by atoms with Crippen molar-refractivity contribution in [1.29, 1.82) is 0 Å². The second-order valence-corrected chi connectivity index (χ2v) is 5.65. The van der Waals surface area contributed by atoms with Gasteiger partial charge in [-0.05, 0) is 31.5 Å². The molecule has 7 heteroatoms. The average Bonchev–Trinajstić information content (AvgIpc) is 2.28. The van der Waals surface area contributed by atoms with Gasteiger partial charge in [0.05, 0.1) is 17.7 Å². The van der Waals surface area contributed by atoms with Gasteiger partial charge in [0.1, 0.15) is 5.75 Å². The normalized spacial score (nSPS) is 13.3. The second kappa shape index (κ2) is 6.03. The molecule has 0 saturated carbocycles. The summed E-state index contributed by atoms with van der Waals surface area (Å²) >= 11 is 0. The molecule has 0 aliphatic heterocycles. The van der Waals surface area contributed by atoms with Gasteiger partial charge in [0.25, 0.3) is 0 Å². The smallest absolute Gasteiger partial charge is 0.240 e. The lowest BCUT2D eigenvalue weighted by molar-refractivity contribution is 0.275. The zero-order chi connectivity index (χ0) is 13.8. The molecule has 0 fully saturated rings. The number of benzene rings is 1. The summed E-state index contributed by atoms with van der Waals surface area (Å²) in [4.78, 5) is 0.0746. The molecular formula is C11H18N2O4S. The van der Waals surface area contributed by atoms with Gasteiger partial charge in [-0.3, -0.25) is 0 Å². The highest BCUT2D eigenvalue weighted by Gasteiger charge is 2.18. The van der Waals surface area contributed by atoms with Gasteiger partial charge in [0.2, 0.25) is 10.0 Å². The van der Waals surface area contributed by atoms with Gasteiger partial charge >= 0.3 is 0 Å². The van der Waals surface area contributed by atoms with E-state index < -0.39 is 10.0 Å². The number of aliphatic hydroxyl groups is 1.